The average Bonchev–Trinajstić information content (AvgIpc) is 2.76. The van der Waals surface area contributed by atoms with Gasteiger partial charge in [0.2, 0.25) is 0 Å². The maximum Gasteiger partial charge on any atom is 0.168 e. The molecule has 0 saturated carbocycles. The van der Waals surface area contributed by atoms with Crippen LogP contribution in [0.3, 0.4) is 0 Å². The Hall–Kier alpha value is -0.390. The molecule has 0 bridgehead atoms. The van der Waals surface area contributed by atoms with Crippen LogP contribution in [0.2, 0.25) is 0 Å². The van der Waals surface area contributed by atoms with Gasteiger partial charge in [0.05, 0.1) is 6.10 Å². The van der Waals surface area contributed by atoms with E-state index in [1.807, 2.05) is 7.05 Å². The first-order valence-corrected chi connectivity index (χ1v) is 6.24. The predicted octanol–water partition coefficient (Wildman–Crippen LogP) is 1.01. The van der Waals surface area contributed by atoms with E-state index in [1.54, 1.807) is 7.11 Å². The second-order valence-corrected chi connectivity index (χ2v) is 4.48. The Balaban J connectivity index is 2.09. The third-order valence-electron chi connectivity index (χ3n) is 2.65. The molecule has 1 aliphatic heterocycles. The van der Waals surface area contributed by atoms with Crippen LogP contribution in [-0.2, 0) is 9.47 Å². The molecule has 0 amide bonds. The number of nitrogens with one attached hydrogen (secondary N) is 1. The molecule has 1 saturated heterocycles. The Morgan fingerprint density at radius 2 is 2.44 bits per heavy atom. The number of hydrogen-bond acceptors (Lipinski definition) is 3. The molecule has 0 aromatic carbocycles. The largest absolute Gasteiger partial charge is 0.385 e. The Morgan fingerprint density at radius 1 is 1.62 bits per heavy atom. The van der Waals surface area contributed by atoms with Crippen LogP contribution in [0.25, 0.3) is 0 Å². The van der Waals surface area contributed by atoms with Crippen molar-refractivity contribution >= 4 is 17.3 Å². The van der Waals surface area contributed by atoms with Gasteiger partial charge >= 0.3 is 0 Å². The van der Waals surface area contributed by atoms with Gasteiger partial charge in [0.15, 0.2) is 5.11 Å². The van der Waals surface area contributed by atoms with Crippen LogP contribution >= 0.6 is 12.2 Å². The fourth-order valence-corrected chi connectivity index (χ4v) is 1.90. The number of likely N-dealkylation sites (N-methyl/N-ethyl adjacent to an activating group) is 1. The summed E-state index contributed by atoms with van der Waals surface area (Å²) in [4.78, 5) is 2.05. The smallest absolute Gasteiger partial charge is 0.168 e. The highest BCUT2D eigenvalue weighted by atomic mass is 32.1. The van der Waals surface area contributed by atoms with Crippen molar-refractivity contribution in [3.63, 3.8) is 0 Å². The molecule has 0 aliphatic carbocycles. The summed E-state index contributed by atoms with van der Waals surface area (Å²) in [6.07, 6.45) is 3.65. The van der Waals surface area contributed by atoms with Crippen molar-refractivity contribution in [1.29, 1.82) is 0 Å². The summed E-state index contributed by atoms with van der Waals surface area (Å²) in [5, 5.41) is 4.01. The number of hydrogen-bond donors (Lipinski definition) is 1. The second-order valence-electron chi connectivity index (χ2n) is 4.09. The lowest BCUT2D eigenvalue weighted by molar-refractivity contribution is 0.0957. The van der Waals surface area contributed by atoms with Crippen molar-refractivity contribution in [2.45, 2.75) is 25.4 Å². The van der Waals surface area contributed by atoms with Crippen LogP contribution in [0, 0.1) is 0 Å². The van der Waals surface area contributed by atoms with Crippen molar-refractivity contribution < 1.29 is 9.47 Å². The van der Waals surface area contributed by atoms with E-state index in [4.69, 9.17) is 21.7 Å². The molecule has 1 fully saturated rings. The Morgan fingerprint density at radius 3 is 3.06 bits per heavy atom. The number of methoxy groups -OCH3 is 1. The van der Waals surface area contributed by atoms with Crippen LogP contribution < -0.4 is 5.32 Å². The molecule has 16 heavy (non-hydrogen) atoms. The third kappa shape index (κ3) is 5.09. The zero-order valence-electron chi connectivity index (χ0n) is 10.2. The summed E-state index contributed by atoms with van der Waals surface area (Å²) in [5.74, 6) is 0. The maximum absolute atomic E-state index is 5.57. The summed E-state index contributed by atoms with van der Waals surface area (Å²) in [7, 11) is 3.72. The first-order chi connectivity index (χ1) is 7.74. The molecule has 1 unspecified atom stereocenters. The number of rotatable bonds is 6. The van der Waals surface area contributed by atoms with Gasteiger partial charge in [-0.2, -0.15) is 0 Å². The molecule has 1 atom stereocenters. The first kappa shape index (κ1) is 13.7. The van der Waals surface area contributed by atoms with Crippen LogP contribution in [0.4, 0.5) is 0 Å². The van der Waals surface area contributed by atoms with Crippen molar-refractivity contribution in [2.24, 2.45) is 0 Å². The van der Waals surface area contributed by atoms with Crippen molar-refractivity contribution in [3.05, 3.63) is 0 Å². The monoisotopic (exact) mass is 246 g/mol. The van der Waals surface area contributed by atoms with Gasteiger partial charge in [0.25, 0.3) is 0 Å². The van der Waals surface area contributed by atoms with E-state index in [0.29, 0.717) is 6.10 Å². The fraction of sp³-hybridized carbons (Fsp3) is 0.909. The summed E-state index contributed by atoms with van der Waals surface area (Å²) < 4.78 is 10.5. The minimum atomic E-state index is 0.351. The molecule has 0 radical (unpaired) electrons. The van der Waals surface area contributed by atoms with Gasteiger partial charge in [-0.3, -0.25) is 0 Å². The molecule has 1 heterocycles. The molecule has 1 N–H and O–H groups in total. The highest BCUT2D eigenvalue weighted by molar-refractivity contribution is 7.80. The Labute approximate surface area is 103 Å². The minimum absolute atomic E-state index is 0.351. The lowest BCUT2D eigenvalue weighted by Gasteiger charge is -2.23. The maximum atomic E-state index is 5.57. The van der Waals surface area contributed by atoms with Gasteiger partial charge in [0.1, 0.15) is 0 Å². The second kappa shape index (κ2) is 7.81. The molecular weight excluding hydrogens is 224 g/mol. The van der Waals surface area contributed by atoms with Crippen molar-refractivity contribution in [2.75, 3.05) is 40.5 Å². The molecule has 0 aromatic rings. The summed E-state index contributed by atoms with van der Waals surface area (Å²) in [6, 6.07) is 0. The zero-order chi connectivity index (χ0) is 11.8. The highest BCUT2D eigenvalue weighted by Crippen LogP contribution is 2.12. The van der Waals surface area contributed by atoms with Crippen LogP contribution in [0.1, 0.15) is 19.3 Å². The van der Waals surface area contributed by atoms with Gasteiger partial charge in [0, 0.05) is 40.5 Å². The molecule has 4 nitrogen and oxygen atoms in total. The normalized spacial score (nSPS) is 19.8. The molecule has 94 valence electrons. The lowest BCUT2D eigenvalue weighted by atomic mass is 10.2. The van der Waals surface area contributed by atoms with Gasteiger partial charge in [-0.15, -0.1) is 0 Å². The number of nitrogens with zero attached hydrogens (tertiary/aromatic N) is 1. The van der Waals surface area contributed by atoms with E-state index >= 15 is 0 Å². The molecule has 0 spiro atoms. The van der Waals surface area contributed by atoms with E-state index in [9.17, 15) is 0 Å². The first-order valence-electron chi connectivity index (χ1n) is 5.83. The average molecular weight is 246 g/mol. The highest BCUT2D eigenvalue weighted by Gasteiger charge is 2.18. The predicted molar refractivity (Wildman–Crippen MR) is 68.7 cm³/mol. The fourth-order valence-electron chi connectivity index (χ4n) is 1.72. The molecule has 1 rings (SSSR count). The van der Waals surface area contributed by atoms with E-state index in [0.717, 1.165) is 44.3 Å². The van der Waals surface area contributed by atoms with Crippen LogP contribution in [0.15, 0.2) is 0 Å². The van der Waals surface area contributed by atoms with Gasteiger partial charge in [-0.05, 0) is 31.5 Å². The Bertz CT molecular complexity index is 208. The summed E-state index contributed by atoms with van der Waals surface area (Å²) >= 11 is 5.28. The topological polar surface area (TPSA) is 33.7 Å². The Kier molecular flexibility index (Phi) is 6.68. The summed E-state index contributed by atoms with van der Waals surface area (Å²) in [5.41, 5.74) is 0. The van der Waals surface area contributed by atoms with Crippen molar-refractivity contribution in [3.8, 4) is 0 Å². The third-order valence-corrected chi connectivity index (χ3v) is 3.11. The van der Waals surface area contributed by atoms with Crippen molar-refractivity contribution in [1.82, 2.24) is 10.2 Å². The van der Waals surface area contributed by atoms with Gasteiger partial charge < -0.3 is 19.7 Å². The quantitative estimate of drug-likeness (QED) is 0.559. The van der Waals surface area contributed by atoms with E-state index < -0.39 is 0 Å². The standard InChI is InChI=1S/C11H22N2O2S/c1-13(9-10-5-3-8-15-10)11(16)12-6-4-7-14-2/h10H,3-9H2,1-2H3,(H,12,16). The minimum Gasteiger partial charge on any atom is -0.385 e. The molecule has 1 aliphatic rings. The zero-order valence-corrected chi connectivity index (χ0v) is 11.0. The van der Waals surface area contributed by atoms with E-state index in [2.05, 4.69) is 10.2 Å². The number of thiocarbonyl (C=S) groups is 1. The van der Waals surface area contributed by atoms with Crippen LogP contribution in [-0.4, -0.2) is 56.6 Å². The van der Waals surface area contributed by atoms with E-state index in [-0.39, 0.29) is 0 Å². The molecule has 0 aromatic heterocycles. The van der Waals surface area contributed by atoms with Gasteiger partial charge in [-0.1, -0.05) is 0 Å². The van der Waals surface area contributed by atoms with Crippen LogP contribution in [0.5, 0.6) is 0 Å². The van der Waals surface area contributed by atoms with E-state index in [1.165, 1.54) is 6.42 Å². The lowest BCUT2D eigenvalue weighted by Crippen LogP contribution is -2.41. The number of ether oxygens (including phenoxy) is 2. The summed E-state index contributed by atoms with van der Waals surface area (Å²) in [6.45, 7) is 3.41. The SMILES string of the molecule is COCCCNC(=S)N(C)CC1CCCO1. The molecule has 5 heteroatoms. The van der Waals surface area contributed by atoms with Gasteiger partial charge in [-0.25, -0.2) is 0 Å². The molecular formula is C11H22N2O2S.